The molecule has 3 rings (SSSR count). The second kappa shape index (κ2) is 9.83. The normalized spacial score (nSPS) is 10.5. The number of halogens is 1. The van der Waals surface area contributed by atoms with Gasteiger partial charge in [0.05, 0.1) is 12.2 Å². The van der Waals surface area contributed by atoms with Crippen LogP contribution in [0.1, 0.15) is 32.6 Å². The van der Waals surface area contributed by atoms with Gasteiger partial charge in [0, 0.05) is 25.4 Å². The Hall–Kier alpha value is -3.76. The predicted molar refractivity (Wildman–Crippen MR) is 113 cm³/mol. The Morgan fingerprint density at radius 2 is 1.97 bits per heavy atom. The van der Waals surface area contributed by atoms with E-state index in [1.807, 2.05) is 31.2 Å². The summed E-state index contributed by atoms with van der Waals surface area (Å²) in [5.74, 6) is -0.940. The maximum atomic E-state index is 14.0. The highest BCUT2D eigenvalue weighted by Gasteiger charge is 2.19. The topological polar surface area (TPSA) is 81.3 Å². The van der Waals surface area contributed by atoms with Gasteiger partial charge in [-0.05, 0) is 42.3 Å². The van der Waals surface area contributed by atoms with Crippen LogP contribution in [-0.4, -0.2) is 24.1 Å². The molecule has 0 amide bonds. The Labute approximate surface area is 179 Å². The smallest absolute Gasteiger partial charge is 0.268 e. The number of hydrogen-bond acceptors (Lipinski definition) is 5. The van der Waals surface area contributed by atoms with Gasteiger partial charge >= 0.3 is 0 Å². The van der Waals surface area contributed by atoms with Gasteiger partial charge in [-0.1, -0.05) is 24.3 Å². The van der Waals surface area contributed by atoms with E-state index >= 15 is 0 Å². The van der Waals surface area contributed by atoms with Crippen LogP contribution in [0.4, 0.5) is 4.39 Å². The fraction of sp³-hybridized carbons (Fsp3) is 0.208. The van der Waals surface area contributed by atoms with Crippen molar-refractivity contribution in [1.29, 1.82) is 5.26 Å². The first-order chi connectivity index (χ1) is 14.9. The molecule has 1 heterocycles. The fourth-order valence-electron chi connectivity index (χ4n) is 3.08. The number of methoxy groups -OCH3 is 1. The molecular formula is C24H21FN2O4. The predicted octanol–water partition coefficient (Wildman–Crippen LogP) is 3.62. The number of nitriles is 1. The fourth-order valence-corrected chi connectivity index (χ4v) is 3.08. The van der Waals surface area contributed by atoms with Crippen molar-refractivity contribution in [3.8, 4) is 11.8 Å². The first-order valence-corrected chi connectivity index (χ1v) is 9.59. The van der Waals surface area contributed by atoms with Crippen molar-refractivity contribution in [1.82, 2.24) is 4.57 Å². The zero-order chi connectivity index (χ0) is 22.4. The number of nitrogens with zero attached hydrogens (tertiary/aromatic N) is 2. The van der Waals surface area contributed by atoms with Crippen LogP contribution in [-0.2, 0) is 17.9 Å². The summed E-state index contributed by atoms with van der Waals surface area (Å²) in [5, 5.41) is 9.29. The van der Waals surface area contributed by atoms with Crippen molar-refractivity contribution < 1.29 is 18.7 Å². The largest absolute Gasteiger partial charge is 0.488 e. The number of ether oxygens (including phenoxy) is 2. The van der Waals surface area contributed by atoms with Gasteiger partial charge in [0.15, 0.2) is 5.78 Å². The van der Waals surface area contributed by atoms with Crippen LogP contribution in [0.5, 0.6) is 5.75 Å². The minimum Gasteiger partial charge on any atom is -0.488 e. The second-order valence-corrected chi connectivity index (χ2v) is 6.93. The van der Waals surface area contributed by atoms with Gasteiger partial charge in [-0.2, -0.15) is 5.26 Å². The van der Waals surface area contributed by atoms with E-state index in [9.17, 15) is 19.2 Å². The van der Waals surface area contributed by atoms with Crippen LogP contribution in [0.2, 0.25) is 0 Å². The van der Waals surface area contributed by atoms with Gasteiger partial charge < -0.3 is 14.0 Å². The molecule has 0 fully saturated rings. The second-order valence-electron chi connectivity index (χ2n) is 6.93. The molecule has 0 atom stereocenters. The van der Waals surface area contributed by atoms with E-state index in [4.69, 9.17) is 9.47 Å². The van der Waals surface area contributed by atoms with E-state index < -0.39 is 17.2 Å². The summed E-state index contributed by atoms with van der Waals surface area (Å²) >= 11 is 0. The summed E-state index contributed by atoms with van der Waals surface area (Å²) in [7, 11) is 1.48. The average Bonchev–Trinajstić information content (AvgIpc) is 2.78. The lowest BCUT2D eigenvalue weighted by molar-refractivity contribution is 0.103. The zero-order valence-electron chi connectivity index (χ0n) is 17.2. The summed E-state index contributed by atoms with van der Waals surface area (Å²) < 4.78 is 26.0. The number of hydrogen-bond donors (Lipinski definition) is 0. The monoisotopic (exact) mass is 420 g/mol. The van der Waals surface area contributed by atoms with Crippen molar-refractivity contribution in [3.05, 3.63) is 98.7 Å². The van der Waals surface area contributed by atoms with Gasteiger partial charge in [-0.15, -0.1) is 0 Å². The molecule has 6 nitrogen and oxygen atoms in total. The van der Waals surface area contributed by atoms with Crippen LogP contribution in [0.15, 0.2) is 59.5 Å². The van der Waals surface area contributed by atoms with E-state index in [2.05, 4.69) is 0 Å². The molecule has 0 N–H and O–H groups in total. The van der Waals surface area contributed by atoms with Crippen molar-refractivity contribution in [2.75, 3.05) is 13.7 Å². The standard InChI is InChI=1S/C24H21FN2O4/c1-16-5-3-4-6-17(16)15-31-22-8-7-20(25)12-21(22)23(28)19-11-18(13-26)24(29)27(14-19)9-10-30-2/h3-8,11-12,14H,9-10,15H2,1-2H3. The molecule has 3 aromatic rings. The maximum absolute atomic E-state index is 14.0. The van der Waals surface area contributed by atoms with Crippen LogP contribution >= 0.6 is 0 Å². The molecule has 0 unspecified atom stereocenters. The third kappa shape index (κ3) is 5.05. The summed E-state index contributed by atoms with van der Waals surface area (Å²) in [6, 6.07) is 14.4. The zero-order valence-corrected chi connectivity index (χ0v) is 17.2. The van der Waals surface area contributed by atoms with Gasteiger partial charge in [0.25, 0.3) is 5.56 Å². The first kappa shape index (κ1) is 21.9. The van der Waals surface area contributed by atoms with Crippen molar-refractivity contribution in [2.45, 2.75) is 20.1 Å². The van der Waals surface area contributed by atoms with E-state index in [0.29, 0.717) is 0 Å². The Morgan fingerprint density at radius 3 is 2.68 bits per heavy atom. The van der Waals surface area contributed by atoms with Gasteiger partial charge in [0.1, 0.15) is 29.8 Å². The number of aryl methyl sites for hydroxylation is 1. The third-order valence-corrected chi connectivity index (χ3v) is 4.84. The van der Waals surface area contributed by atoms with E-state index in [-0.39, 0.29) is 42.2 Å². The van der Waals surface area contributed by atoms with Crippen LogP contribution in [0.25, 0.3) is 0 Å². The summed E-state index contributed by atoms with van der Waals surface area (Å²) in [6.45, 7) is 2.55. The number of benzene rings is 2. The molecule has 31 heavy (non-hydrogen) atoms. The molecule has 1 aromatic heterocycles. The first-order valence-electron chi connectivity index (χ1n) is 9.59. The van der Waals surface area contributed by atoms with Crippen LogP contribution in [0.3, 0.4) is 0 Å². The molecule has 0 aliphatic rings. The van der Waals surface area contributed by atoms with Gasteiger partial charge in [-0.3, -0.25) is 9.59 Å². The lowest BCUT2D eigenvalue weighted by Crippen LogP contribution is -2.25. The Bertz CT molecular complexity index is 1210. The summed E-state index contributed by atoms with van der Waals surface area (Å²) in [4.78, 5) is 25.5. The Morgan fingerprint density at radius 1 is 1.19 bits per heavy atom. The highest BCUT2D eigenvalue weighted by atomic mass is 19.1. The van der Waals surface area contributed by atoms with Crippen molar-refractivity contribution >= 4 is 5.78 Å². The Balaban J connectivity index is 1.98. The molecule has 0 saturated carbocycles. The lowest BCUT2D eigenvalue weighted by atomic mass is 10.0. The average molecular weight is 420 g/mol. The number of carbonyl (C=O) groups excluding carboxylic acids is 1. The Kier molecular flexibility index (Phi) is 6.96. The summed E-state index contributed by atoms with van der Waals surface area (Å²) in [6.07, 6.45) is 1.35. The van der Waals surface area contributed by atoms with Crippen LogP contribution < -0.4 is 10.3 Å². The van der Waals surface area contributed by atoms with Crippen molar-refractivity contribution in [3.63, 3.8) is 0 Å². The van der Waals surface area contributed by atoms with E-state index in [1.165, 1.54) is 36.1 Å². The number of aromatic nitrogens is 1. The molecule has 158 valence electrons. The van der Waals surface area contributed by atoms with Gasteiger partial charge in [-0.25, -0.2) is 4.39 Å². The minimum absolute atomic E-state index is 0.00872. The van der Waals surface area contributed by atoms with E-state index in [0.717, 1.165) is 17.2 Å². The summed E-state index contributed by atoms with van der Waals surface area (Å²) in [5.41, 5.74) is 1.35. The quantitative estimate of drug-likeness (QED) is 0.520. The molecule has 0 aliphatic heterocycles. The third-order valence-electron chi connectivity index (χ3n) is 4.84. The van der Waals surface area contributed by atoms with Crippen LogP contribution in [0, 0.1) is 24.1 Å². The highest BCUT2D eigenvalue weighted by molar-refractivity contribution is 6.10. The molecule has 0 aliphatic carbocycles. The molecule has 0 spiro atoms. The van der Waals surface area contributed by atoms with E-state index in [1.54, 1.807) is 6.07 Å². The molecule has 0 saturated heterocycles. The number of rotatable bonds is 8. The molecule has 7 heteroatoms. The number of carbonyl (C=O) groups is 1. The number of ketones is 1. The maximum Gasteiger partial charge on any atom is 0.268 e. The SMILES string of the molecule is COCCn1cc(C(=O)c2cc(F)ccc2OCc2ccccc2C)cc(C#N)c1=O. The lowest BCUT2D eigenvalue weighted by Gasteiger charge is -2.13. The van der Waals surface area contributed by atoms with Crippen molar-refractivity contribution in [2.24, 2.45) is 0 Å². The molecule has 2 aromatic carbocycles. The molecular weight excluding hydrogens is 399 g/mol. The van der Waals surface area contributed by atoms with Gasteiger partial charge in [0.2, 0.25) is 0 Å². The molecule has 0 radical (unpaired) electrons. The molecule has 0 bridgehead atoms. The highest BCUT2D eigenvalue weighted by Crippen LogP contribution is 2.24. The number of pyridine rings is 1. The minimum atomic E-state index is -0.597.